The van der Waals surface area contributed by atoms with Gasteiger partial charge in [-0.25, -0.2) is 9.18 Å². The van der Waals surface area contributed by atoms with Crippen LogP contribution in [0.5, 0.6) is 0 Å². The van der Waals surface area contributed by atoms with Crippen LogP contribution in [0.4, 0.5) is 28.0 Å². The number of hydrogen-bond acceptors (Lipinski definition) is 3. The molecule has 1 atom stereocenters. The van der Waals surface area contributed by atoms with Crippen molar-refractivity contribution in [1.29, 1.82) is 0 Å². The molecule has 4 amide bonds. The second-order valence-corrected chi connectivity index (χ2v) is 7.55. The van der Waals surface area contributed by atoms with Gasteiger partial charge in [-0.15, -0.1) is 0 Å². The van der Waals surface area contributed by atoms with Crippen molar-refractivity contribution in [1.82, 2.24) is 10.2 Å². The van der Waals surface area contributed by atoms with Crippen molar-refractivity contribution in [2.45, 2.75) is 18.6 Å². The molecule has 1 saturated heterocycles. The van der Waals surface area contributed by atoms with E-state index in [2.05, 4.69) is 26.6 Å². The van der Waals surface area contributed by atoms with Gasteiger partial charge >= 0.3 is 12.2 Å². The van der Waals surface area contributed by atoms with Gasteiger partial charge in [0.15, 0.2) is 0 Å². The third-order valence-electron chi connectivity index (χ3n) is 4.55. The van der Waals surface area contributed by atoms with Gasteiger partial charge in [-0.1, -0.05) is 28.1 Å². The van der Waals surface area contributed by atoms with E-state index in [1.807, 2.05) is 0 Å². The molecule has 11 heteroatoms. The number of imide groups is 1. The average molecular weight is 488 g/mol. The molecule has 0 bridgehead atoms. The van der Waals surface area contributed by atoms with Crippen LogP contribution in [0, 0.1) is 5.82 Å². The largest absolute Gasteiger partial charge is 0.417 e. The number of hydrogen-bond donors (Lipinski definition) is 2. The normalized spacial score (nSPS) is 19.1. The molecule has 1 heterocycles. The maximum atomic E-state index is 13.1. The van der Waals surface area contributed by atoms with Crippen LogP contribution in [-0.4, -0.2) is 29.3 Å². The number of urea groups is 1. The molecule has 2 aromatic rings. The molecule has 1 aliphatic rings. The fraction of sp³-hybridized carbons (Fsp3) is 0.211. The molecular weight excluding hydrogens is 474 g/mol. The molecule has 1 fully saturated rings. The highest BCUT2D eigenvalue weighted by atomic mass is 79.9. The van der Waals surface area contributed by atoms with Crippen molar-refractivity contribution in [2.75, 3.05) is 11.9 Å². The third-order valence-corrected chi connectivity index (χ3v) is 5.25. The molecular formula is C19H14BrF4N3O3. The summed E-state index contributed by atoms with van der Waals surface area (Å²) in [5, 5.41) is 4.69. The Balaban J connectivity index is 1.75. The summed E-state index contributed by atoms with van der Waals surface area (Å²) in [7, 11) is 0. The van der Waals surface area contributed by atoms with Gasteiger partial charge in [-0.3, -0.25) is 14.5 Å². The van der Waals surface area contributed by atoms with Crippen molar-refractivity contribution >= 4 is 39.5 Å². The molecule has 158 valence electrons. The van der Waals surface area contributed by atoms with Crippen molar-refractivity contribution < 1.29 is 31.9 Å². The van der Waals surface area contributed by atoms with E-state index in [1.54, 1.807) is 0 Å². The third kappa shape index (κ3) is 4.16. The number of carbonyl (C=O) groups excluding carboxylic acids is 3. The topological polar surface area (TPSA) is 78.5 Å². The number of alkyl halides is 3. The average Bonchev–Trinajstić information content (AvgIpc) is 2.87. The van der Waals surface area contributed by atoms with Crippen LogP contribution in [0.2, 0.25) is 0 Å². The van der Waals surface area contributed by atoms with Crippen LogP contribution in [0.1, 0.15) is 18.1 Å². The van der Waals surface area contributed by atoms with Crippen LogP contribution in [0.3, 0.4) is 0 Å². The molecule has 2 aromatic carbocycles. The van der Waals surface area contributed by atoms with Crippen molar-refractivity contribution in [3.8, 4) is 0 Å². The van der Waals surface area contributed by atoms with E-state index >= 15 is 0 Å². The number of halogens is 5. The molecule has 0 aliphatic carbocycles. The first kappa shape index (κ1) is 21.8. The number of nitrogens with zero attached hydrogens (tertiary/aromatic N) is 1. The molecule has 0 saturated carbocycles. The lowest BCUT2D eigenvalue weighted by Crippen LogP contribution is -2.42. The van der Waals surface area contributed by atoms with Crippen LogP contribution in [-0.2, 0) is 21.3 Å². The Kier molecular flexibility index (Phi) is 5.59. The lowest BCUT2D eigenvalue weighted by molar-refractivity contribution is -0.138. The minimum absolute atomic E-state index is 0.149. The first-order chi connectivity index (χ1) is 13.9. The standard InChI is InChI=1S/C19H14BrF4N3O3/c1-18(10-2-4-11(21)5-3-10)16(29)27(17(30)26-18)9-15(28)25-12-6-7-14(20)13(8-12)19(22,23)24/h2-8H,9H2,1H3,(H,25,28)(H,26,30)/t18-/m0/s1. The van der Waals surface area contributed by atoms with Gasteiger partial charge in [-0.2, -0.15) is 13.2 Å². The van der Waals surface area contributed by atoms with E-state index in [0.717, 1.165) is 24.3 Å². The Labute approximate surface area is 176 Å². The van der Waals surface area contributed by atoms with Crippen LogP contribution < -0.4 is 10.6 Å². The zero-order valence-corrected chi connectivity index (χ0v) is 16.9. The summed E-state index contributed by atoms with van der Waals surface area (Å²) in [4.78, 5) is 37.9. The van der Waals surface area contributed by atoms with Gasteiger partial charge in [0.05, 0.1) is 5.56 Å². The molecule has 2 N–H and O–H groups in total. The Bertz CT molecular complexity index is 1030. The maximum absolute atomic E-state index is 13.1. The van der Waals surface area contributed by atoms with Gasteiger partial charge in [0.1, 0.15) is 17.9 Å². The van der Waals surface area contributed by atoms with E-state index in [4.69, 9.17) is 0 Å². The highest BCUT2D eigenvalue weighted by molar-refractivity contribution is 9.10. The van der Waals surface area contributed by atoms with Crippen LogP contribution >= 0.6 is 15.9 Å². The van der Waals surface area contributed by atoms with E-state index in [-0.39, 0.29) is 10.2 Å². The molecule has 30 heavy (non-hydrogen) atoms. The summed E-state index contributed by atoms with van der Waals surface area (Å²) in [6.45, 7) is 0.696. The SMILES string of the molecule is C[C@@]1(c2ccc(F)cc2)NC(=O)N(CC(=O)Nc2ccc(Br)c(C(F)(F)F)c2)C1=O. The Morgan fingerprint density at radius 3 is 2.40 bits per heavy atom. The summed E-state index contributed by atoms with van der Waals surface area (Å²) in [6, 6.07) is 7.16. The fourth-order valence-electron chi connectivity index (χ4n) is 2.98. The minimum atomic E-state index is -4.64. The van der Waals surface area contributed by atoms with Gasteiger partial charge in [0, 0.05) is 10.2 Å². The van der Waals surface area contributed by atoms with E-state index in [1.165, 1.54) is 25.1 Å². The fourth-order valence-corrected chi connectivity index (χ4v) is 3.46. The molecule has 1 aliphatic heterocycles. The number of carbonyl (C=O) groups is 3. The number of benzene rings is 2. The zero-order valence-electron chi connectivity index (χ0n) is 15.3. The van der Waals surface area contributed by atoms with E-state index in [0.29, 0.717) is 10.5 Å². The molecule has 3 rings (SSSR count). The van der Waals surface area contributed by atoms with E-state index in [9.17, 15) is 31.9 Å². The number of nitrogens with one attached hydrogen (secondary N) is 2. The predicted octanol–water partition coefficient (Wildman–Crippen LogP) is 4.01. The molecule has 0 radical (unpaired) electrons. The maximum Gasteiger partial charge on any atom is 0.417 e. The molecule has 6 nitrogen and oxygen atoms in total. The second-order valence-electron chi connectivity index (χ2n) is 6.69. The first-order valence-corrected chi connectivity index (χ1v) is 9.28. The summed E-state index contributed by atoms with van der Waals surface area (Å²) in [6.07, 6.45) is -4.64. The quantitative estimate of drug-likeness (QED) is 0.505. The minimum Gasteiger partial charge on any atom is -0.325 e. The summed E-state index contributed by atoms with van der Waals surface area (Å²) in [5.41, 5.74) is -2.33. The monoisotopic (exact) mass is 487 g/mol. The Morgan fingerprint density at radius 1 is 1.17 bits per heavy atom. The second kappa shape index (κ2) is 7.71. The number of rotatable bonds is 4. The van der Waals surface area contributed by atoms with Crippen LogP contribution in [0.15, 0.2) is 46.9 Å². The smallest absolute Gasteiger partial charge is 0.325 e. The molecule has 0 spiro atoms. The summed E-state index contributed by atoms with van der Waals surface area (Å²) in [5.74, 6) is -2.14. The highest BCUT2D eigenvalue weighted by Crippen LogP contribution is 2.36. The van der Waals surface area contributed by atoms with Gasteiger partial charge in [0.2, 0.25) is 5.91 Å². The van der Waals surface area contributed by atoms with Crippen LogP contribution in [0.25, 0.3) is 0 Å². The molecule has 0 aromatic heterocycles. The lowest BCUT2D eigenvalue weighted by Gasteiger charge is -2.22. The van der Waals surface area contributed by atoms with Crippen molar-refractivity contribution in [3.05, 3.63) is 63.9 Å². The van der Waals surface area contributed by atoms with Crippen molar-refractivity contribution in [3.63, 3.8) is 0 Å². The molecule has 0 unspecified atom stereocenters. The summed E-state index contributed by atoms with van der Waals surface area (Å²) < 4.78 is 51.9. The highest BCUT2D eigenvalue weighted by Gasteiger charge is 2.49. The summed E-state index contributed by atoms with van der Waals surface area (Å²) >= 11 is 2.80. The van der Waals surface area contributed by atoms with Crippen molar-refractivity contribution in [2.24, 2.45) is 0 Å². The number of amides is 4. The van der Waals surface area contributed by atoms with E-state index < -0.39 is 47.5 Å². The van der Waals surface area contributed by atoms with Gasteiger partial charge in [0.25, 0.3) is 5.91 Å². The van der Waals surface area contributed by atoms with Gasteiger partial charge in [-0.05, 0) is 42.8 Å². The Morgan fingerprint density at radius 2 is 1.80 bits per heavy atom. The zero-order chi connectivity index (χ0) is 22.3. The first-order valence-electron chi connectivity index (χ1n) is 8.48. The Hall–Kier alpha value is -2.95. The lowest BCUT2D eigenvalue weighted by atomic mass is 9.92. The predicted molar refractivity (Wildman–Crippen MR) is 102 cm³/mol. The number of anilines is 1. The van der Waals surface area contributed by atoms with Gasteiger partial charge < -0.3 is 10.6 Å².